The van der Waals surface area contributed by atoms with Gasteiger partial charge in [-0.15, -0.1) is 0 Å². The van der Waals surface area contributed by atoms with Crippen LogP contribution in [0, 0.1) is 23.3 Å². The molecule has 6 rings (SSSR count). The lowest BCUT2D eigenvalue weighted by Crippen LogP contribution is -2.37. The Morgan fingerprint density at radius 2 is 1.72 bits per heavy atom. The first-order chi connectivity index (χ1) is 17.5. The van der Waals surface area contributed by atoms with Gasteiger partial charge in [0.2, 0.25) is 5.95 Å². The summed E-state index contributed by atoms with van der Waals surface area (Å²) in [7, 11) is 0. The predicted octanol–water partition coefficient (Wildman–Crippen LogP) is 3.70. The highest BCUT2D eigenvalue weighted by molar-refractivity contribution is 5.85. The molecule has 0 aliphatic carbocycles. The molecule has 13 heteroatoms. The number of hydrogen-bond acceptors (Lipinski definition) is 7. The summed E-state index contributed by atoms with van der Waals surface area (Å²) in [5.41, 5.74) is 1.35. The van der Waals surface area contributed by atoms with E-state index < -0.39 is 23.3 Å². The topological polar surface area (TPSA) is 96.8 Å². The maximum Gasteiger partial charge on any atom is 0.229 e. The van der Waals surface area contributed by atoms with Crippen molar-refractivity contribution in [2.45, 2.75) is 6.54 Å². The average molecular weight is 498 g/mol. The van der Waals surface area contributed by atoms with Crippen LogP contribution in [0.15, 0.2) is 36.7 Å². The molecule has 1 aliphatic heterocycles. The molecule has 0 spiro atoms. The number of morpholine rings is 1. The van der Waals surface area contributed by atoms with E-state index in [9.17, 15) is 17.6 Å². The highest BCUT2D eigenvalue weighted by Crippen LogP contribution is 2.27. The van der Waals surface area contributed by atoms with Crippen LogP contribution in [0.1, 0.15) is 5.82 Å². The Hall–Kier alpha value is -4.26. The van der Waals surface area contributed by atoms with Crippen LogP contribution in [0.25, 0.3) is 27.9 Å². The third-order valence-electron chi connectivity index (χ3n) is 5.88. The van der Waals surface area contributed by atoms with Crippen molar-refractivity contribution in [2.24, 2.45) is 0 Å². The summed E-state index contributed by atoms with van der Waals surface area (Å²) < 4.78 is 62.0. The fourth-order valence-corrected chi connectivity index (χ4v) is 4.06. The quantitative estimate of drug-likeness (QED) is 0.357. The Labute approximate surface area is 200 Å². The van der Waals surface area contributed by atoms with Crippen molar-refractivity contribution >= 4 is 34.0 Å². The maximum absolute atomic E-state index is 14.1. The normalized spacial score (nSPS) is 14.2. The maximum atomic E-state index is 14.1. The van der Waals surface area contributed by atoms with Crippen molar-refractivity contribution in [2.75, 3.05) is 36.5 Å². The zero-order chi connectivity index (χ0) is 24.8. The number of aromatic nitrogens is 6. The van der Waals surface area contributed by atoms with Gasteiger partial charge in [0.1, 0.15) is 17.7 Å². The van der Waals surface area contributed by atoms with Gasteiger partial charge in [-0.05, 0) is 24.3 Å². The molecule has 2 aromatic carbocycles. The smallest absolute Gasteiger partial charge is 0.229 e. The summed E-state index contributed by atoms with van der Waals surface area (Å²) >= 11 is 0. The van der Waals surface area contributed by atoms with E-state index >= 15 is 0 Å². The van der Waals surface area contributed by atoms with Gasteiger partial charge in [-0.1, -0.05) is 0 Å². The summed E-state index contributed by atoms with van der Waals surface area (Å²) in [6, 6.07) is 5.95. The number of imidazole rings is 2. The number of ether oxygens (including phenoxy) is 1. The van der Waals surface area contributed by atoms with Crippen LogP contribution in [0.3, 0.4) is 0 Å². The number of aromatic amines is 1. The molecule has 0 radical (unpaired) electrons. The van der Waals surface area contributed by atoms with Gasteiger partial charge in [-0.25, -0.2) is 27.5 Å². The number of nitrogens with one attached hydrogen (secondary N) is 2. The standard InChI is InChI=1S/C23H18F4N8O/c24-13-2-1-12(9-15(13)26)35-11-29-20-21(32-23(33-22(20)35)34-5-7-36-8-6-34)28-10-17-30-16-4-3-14(25)18(27)19(16)31-17/h1-4,9,11H,5-8,10H2,(H,30,31)(H,28,32,33). The first kappa shape index (κ1) is 22.2. The summed E-state index contributed by atoms with van der Waals surface area (Å²) in [5, 5.41) is 3.13. The van der Waals surface area contributed by atoms with Crippen molar-refractivity contribution in [3.63, 3.8) is 0 Å². The van der Waals surface area contributed by atoms with Gasteiger partial charge >= 0.3 is 0 Å². The van der Waals surface area contributed by atoms with E-state index in [4.69, 9.17) is 4.74 Å². The minimum atomic E-state index is -1.03. The molecule has 1 saturated heterocycles. The Bertz CT molecular complexity index is 1590. The van der Waals surface area contributed by atoms with Gasteiger partial charge in [0.05, 0.1) is 31.0 Å². The molecule has 2 N–H and O–H groups in total. The molecule has 1 fully saturated rings. The molecule has 0 unspecified atom stereocenters. The van der Waals surface area contributed by atoms with Gasteiger partial charge < -0.3 is 19.9 Å². The molecule has 184 valence electrons. The second kappa shape index (κ2) is 8.75. The number of hydrogen-bond donors (Lipinski definition) is 2. The fourth-order valence-electron chi connectivity index (χ4n) is 4.06. The molecule has 0 saturated carbocycles. The monoisotopic (exact) mass is 498 g/mol. The molecule has 4 heterocycles. The molecular formula is C23H18F4N8O. The van der Waals surface area contributed by atoms with Crippen LogP contribution in [0.4, 0.5) is 29.3 Å². The van der Waals surface area contributed by atoms with Crippen LogP contribution in [-0.2, 0) is 11.3 Å². The van der Waals surface area contributed by atoms with Gasteiger partial charge in [0.15, 0.2) is 40.3 Å². The van der Waals surface area contributed by atoms with Gasteiger partial charge in [-0.3, -0.25) is 4.57 Å². The molecule has 0 atom stereocenters. The summed E-state index contributed by atoms with van der Waals surface area (Å²) in [6.07, 6.45) is 1.44. The first-order valence-corrected chi connectivity index (χ1v) is 11.1. The number of fused-ring (bicyclic) bond motifs is 2. The number of rotatable bonds is 5. The van der Waals surface area contributed by atoms with Crippen molar-refractivity contribution in [3.05, 3.63) is 65.8 Å². The fraction of sp³-hybridized carbons (Fsp3) is 0.217. The Morgan fingerprint density at radius 1 is 0.917 bits per heavy atom. The Kier molecular flexibility index (Phi) is 5.40. The van der Waals surface area contributed by atoms with Crippen LogP contribution in [0.2, 0.25) is 0 Å². The molecule has 36 heavy (non-hydrogen) atoms. The predicted molar refractivity (Wildman–Crippen MR) is 123 cm³/mol. The van der Waals surface area contributed by atoms with Gasteiger partial charge in [0.25, 0.3) is 0 Å². The first-order valence-electron chi connectivity index (χ1n) is 11.1. The lowest BCUT2D eigenvalue weighted by atomic mass is 10.3. The van der Waals surface area contributed by atoms with Crippen molar-refractivity contribution in [3.8, 4) is 5.69 Å². The summed E-state index contributed by atoms with van der Waals surface area (Å²) in [4.78, 5) is 22.7. The Balaban J connectivity index is 1.40. The third kappa shape index (κ3) is 3.86. The number of halogens is 4. The minimum Gasteiger partial charge on any atom is -0.378 e. The van der Waals surface area contributed by atoms with E-state index in [2.05, 4.69) is 30.2 Å². The molecule has 9 nitrogen and oxygen atoms in total. The second-order valence-corrected chi connectivity index (χ2v) is 8.15. The van der Waals surface area contributed by atoms with Crippen LogP contribution in [-0.4, -0.2) is 55.8 Å². The summed E-state index contributed by atoms with van der Waals surface area (Å²) in [5.74, 6) is -2.86. The number of H-pyrrole nitrogens is 1. The van der Waals surface area contributed by atoms with Crippen LogP contribution < -0.4 is 10.2 Å². The molecule has 1 aliphatic rings. The molecule has 3 aromatic heterocycles. The van der Waals surface area contributed by atoms with Crippen LogP contribution >= 0.6 is 0 Å². The lowest BCUT2D eigenvalue weighted by molar-refractivity contribution is 0.122. The Morgan fingerprint density at radius 3 is 2.53 bits per heavy atom. The van der Waals surface area contributed by atoms with Gasteiger partial charge in [0, 0.05) is 19.2 Å². The largest absolute Gasteiger partial charge is 0.378 e. The summed E-state index contributed by atoms with van der Waals surface area (Å²) in [6.45, 7) is 2.25. The molecule has 0 amide bonds. The minimum absolute atomic E-state index is 0.0996. The molecular weight excluding hydrogens is 480 g/mol. The highest BCUT2D eigenvalue weighted by Gasteiger charge is 2.21. The van der Waals surface area contributed by atoms with E-state index in [0.29, 0.717) is 66.3 Å². The van der Waals surface area contributed by atoms with Crippen LogP contribution in [0.5, 0.6) is 0 Å². The lowest BCUT2D eigenvalue weighted by Gasteiger charge is -2.27. The number of anilines is 2. The van der Waals surface area contributed by atoms with E-state index in [-0.39, 0.29) is 12.1 Å². The van der Waals surface area contributed by atoms with Crippen molar-refractivity contribution < 1.29 is 22.3 Å². The van der Waals surface area contributed by atoms with Gasteiger partial charge in [-0.2, -0.15) is 9.97 Å². The number of benzene rings is 2. The van der Waals surface area contributed by atoms with E-state index in [1.54, 1.807) is 0 Å². The molecule has 5 aromatic rings. The average Bonchev–Trinajstić information content (AvgIpc) is 3.52. The SMILES string of the molecule is Fc1ccc(-n2cnc3c(NCc4nc5c(F)c(F)ccc5[nH]4)nc(N4CCOCC4)nc32)cc1F. The molecule has 0 bridgehead atoms. The van der Waals surface area contributed by atoms with E-state index in [0.717, 1.165) is 18.2 Å². The second-order valence-electron chi connectivity index (χ2n) is 8.15. The van der Waals surface area contributed by atoms with Crippen molar-refractivity contribution in [1.29, 1.82) is 0 Å². The van der Waals surface area contributed by atoms with E-state index in [1.807, 2.05) is 4.90 Å². The zero-order valence-corrected chi connectivity index (χ0v) is 18.6. The van der Waals surface area contributed by atoms with Crippen molar-refractivity contribution in [1.82, 2.24) is 29.5 Å². The highest BCUT2D eigenvalue weighted by atomic mass is 19.2. The zero-order valence-electron chi connectivity index (χ0n) is 18.6. The third-order valence-corrected chi connectivity index (χ3v) is 5.88. The number of nitrogens with zero attached hydrogens (tertiary/aromatic N) is 6. The van der Waals surface area contributed by atoms with E-state index in [1.165, 1.54) is 23.0 Å².